The molecule has 1 aliphatic heterocycles. The van der Waals surface area contributed by atoms with Gasteiger partial charge >= 0.3 is 0 Å². The number of carbonyl (C=O) groups is 1. The summed E-state index contributed by atoms with van der Waals surface area (Å²) in [5, 5.41) is 11.0. The number of amides is 1. The maximum Gasteiger partial charge on any atom is 0.258 e. The molecule has 116 valence electrons. The summed E-state index contributed by atoms with van der Waals surface area (Å²) in [7, 11) is 0. The van der Waals surface area contributed by atoms with E-state index in [0.29, 0.717) is 12.3 Å². The molecule has 1 amide bonds. The van der Waals surface area contributed by atoms with Crippen molar-refractivity contribution < 1.29 is 9.53 Å². The van der Waals surface area contributed by atoms with Crippen LogP contribution in [0.5, 0.6) is 5.75 Å². The van der Waals surface area contributed by atoms with Gasteiger partial charge in [0.1, 0.15) is 11.6 Å². The molecule has 6 nitrogen and oxygen atoms in total. The maximum atomic E-state index is 11.9. The van der Waals surface area contributed by atoms with Crippen LogP contribution in [0.25, 0.3) is 0 Å². The molecule has 0 aliphatic carbocycles. The normalized spacial score (nSPS) is 13.0. The van der Waals surface area contributed by atoms with Gasteiger partial charge in [-0.25, -0.2) is 0 Å². The number of hydrogen-bond acceptors (Lipinski definition) is 4. The molecule has 1 aromatic carbocycles. The predicted molar refractivity (Wildman–Crippen MR) is 81.6 cm³/mol. The molecule has 0 saturated carbocycles. The number of ether oxygens (including phenoxy) is 1. The highest BCUT2D eigenvalue weighted by molar-refractivity contribution is 5.77. The fourth-order valence-electron chi connectivity index (χ4n) is 2.52. The summed E-state index contributed by atoms with van der Waals surface area (Å²) in [5.74, 6) is 2.37. The van der Waals surface area contributed by atoms with Crippen LogP contribution in [0.2, 0.25) is 0 Å². The average Bonchev–Trinajstić information content (AvgIpc) is 3.10. The van der Waals surface area contributed by atoms with Crippen molar-refractivity contribution in [3.05, 3.63) is 41.0 Å². The van der Waals surface area contributed by atoms with Crippen molar-refractivity contribution in [2.45, 2.75) is 39.8 Å². The van der Waals surface area contributed by atoms with E-state index in [2.05, 4.69) is 20.1 Å². The van der Waals surface area contributed by atoms with Crippen molar-refractivity contribution in [1.29, 1.82) is 0 Å². The van der Waals surface area contributed by atoms with Crippen LogP contribution in [0.3, 0.4) is 0 Å². The Balaban J connectivity index is 1.49. The number of benzene rings is 1. The second-order valence-corrected chi connectivity index (χ2v) is 5.60. The lowest BCUT2D eigenvalue weighted by atomic mass is 10.1. The molecule has 0 unspecified atom stereocenters. The first-order valence-electron chi connectivity index (χ1n) is 7.51. The Kier molecular flexibility index (Phi) is 4.09. The van der Waals surface area contributed by atoms with Gasteiger partial charge < -0.3 is 14.6 Å². The Bertz CT molecular complexity index is 693. The molecule has 0 bridgehead atoms. The summed E-state index contributed by atoms with van der Waals surface area (Å²) in [6.07, 6.45) is 2.07. The van der Waals surface area contributed by atoms with E-state index in [-0.39, 0.29) is 12.5 Å². The zero-order valence-electron chi connectivity index (χ0n) is 12.9. The number of fused-ring (bicyclic) bond motifs is 1. The zero-order valence-corrected chi connectivity index (χ0v) is 12.9. The summed E-state index contributed by atoms with van der Waals surface area (Å²) in [6, 6.07) is 5.80. The number of hydrogen-bond donors (Lipinski definition) is 1. The lowest BCUT2D eigenvalue weighted by Gasteiger charge is -2.09. The van der Waals surface area contributed by atoms with Crippen molar-refractivity contribution in [3.63, 3.8) is 0 Å². The molecule has 1 N–H and O–H groups in total. The first-order valence-corrected chi connectivity index (χ1v) is 7.51. The fourth-order valence-corrected chi connectivity index (χ4v) is 2.52. The fraction of sp³-hybridized carbons (Fsp3) is 0.438. The van der Waals surface area contributed by atoms with E-state index in [0.717, 1.165) is 36.6 Å². The van der Waals surface area contributed by atoms with Gasteiger partial charge in [0.25, 0.3) is 5.91 Å². The summed E-state index contributed by atoms with van der Waals surface area (Å²) in [4.78, 5) is 11.9. The number of nitrogens with one attached hydrogen (secondary N) is 1. The zero-order chi connectivity index (χ0) is 15.5. The quantitative estimate of drug-likeness (QED) is 0.909. The minimum Gasteiger partial charge on any atom is -0.484 e. The van der Waals surface area contributed by atoms with Gasteiger partial charge in [-0.3, -0.25) is 4.79 Å². The number of carbonyl (C=O) groups excluding carboxylic acids is 1. The molecule has 0 fully saturated rings. The van der Waals surface area contributed by atoms with Crippen molar-refractivity contribution in [3.8, 4) is 5.75 Å². The van der Waals surface area contributed by atoms with Crippen LogP contribution in [0.15, 0.2) is 18.2 Å². The van der Waals surface area contributed by atoms with Crippen LogP contribution in [0, 0.1) is 13.8 Å². The molecule has 2 aromatic rings. The molecule has 3 rings (SSSR count). The summed E-state index contributed by atoms with van der Waals surface area (Å²) >= 11 is 0. The smallest absolute Gasteiger partial charge is 0.258 e. The summed E-state index contributed by atoms with van der Waals surface area (Å²) < 4.78 is 7.59. The molecule has 0 radical (unpaired) electrons. The van der Waals surface area contributed by atoms with E-state index in [1.807, 2.05) is 32.0 Å². The molecule has 0 saturated heterocycles. The Morgan fingerprint density at radius 1 is 1.32 bits per heavy atom. The Morgan fingerprint density at radius 2 is 2.18 bits per heavy atom. The van der Waals surface area contributed by atoms with E-state index in [1.165, 1.54) is 5.56 Å². The second kappa shape index (κ2) is 6.17. The molecular weight excluding hydrogens is 280 g/mol. The highest BCUT2D eigenvalue weighted by atomic mass is 16.5. The van der Waals surface area contributed by atoms with Gasteiger partial charge in [0.15, 0.2) is 12.4 Å². The van der Waals surface area contributed by atoms with Crippen LogP contribution >= 0.6 is 0 Å². The summed E-state index contributed by atoms with van der Waals surface area (Å²) in [5.41, 5.74) is 2.36. The molecular formula is C16H20N4O2. The molecule has 6 heteroatoms. The molecule has 1 aliphatic rings. The first-order chi connectivity index (χ1) is 10.6. The average molecular weight is 300 g/mol. The van der Waals surface area contributed by atoms with Crippen LogP contribution < -0.4 is 10.1 Å². The third kappa shape index (κ3) is 3.10. The molecule has 22 heavy (non-hydrogen) atoms. The topological polar surface area (TPSA) is 69.0 Å². The van der Waals surface area contributed by atoms with Crippen molar-refractivity contribution in [1.82, 2.24) is 20.1 Å². The highest BCUT2D eigenvalue weighted by Gasteiger charge is 2.17. The van der Waals surface area contributed by atoms with Crippen LogP contribution in [-0.2, 0) is 24.3 Å². The second-order valence-electron chi connectivity index (χ2n) is 5.60. The van der Waals surface area contributed by atoms with Crippen molar-refractivity contribution in [2.75, 3.05) is 6.61 Å². The molecule has 0 spiro atoms. The molecule has 2 heterocycles. The Labute approximate surface area is 129 Å². The standard InChI is InChI=1S/C16H20N4O2/c1-11-5-6-13(8-12(11)2)22-10-16(21)17-9-15-19-18-14-4-3-7-20(14)15/h5-6,8H,3-4,7,9-10H2,1-2H3,(H,17,21). The van der Waals surface area contributed by atoms with Crippen molar-refractivity contribution >= 4 is 5.91 Å². The van der Waals surface area contributed by atoms with Crippen LogP contribution in [0.1, 0.15) is 29.2 Å². The van der Waals surface area contributed by atoms with Gasteiger partial charge in [0, 0.05) is 13.0 Å². The van der Waals surface area contributed by atoms with Gasteiger partial charge in [0.2, 0.25) is 0 Å². The van der Waals surface area contributed by atoms with Gasteiger partial charge in [-0.1, -0.05) is 6.07 Å². The lowest BCUT2D eigenvalue weighted by Crippen LogP contribution is -2.29. The Morgan fingerprint density at radius 3 is 3.00 bits per heavy atom. The minimum absolute atomic E-state index is 0.00347. The van der Waals surface area contributed by atoms with E-state index < -0.39 is 0 Å². The third-order valence-corrected chi connectivity index (χ3v) is 3.98. The predicted octanol–water partition coefficient (Wildman–Crippen LogP) is 1.54. The molecule has 0 atom stereocenters. The third-order valence-electron chi connectivity index (χ3n) is 3.98. The van der Waals surface area contributed by atoms with E-state index in [9.17, 15) is 4.79 Å². The summed E-state index contributed by atoms with van der Waals surface area (Å²) in [6.45, 7) is 5.40. The van der Waals surface area contributed by atoms with Crippen LogP contribution in [0.4, 0.5) is 0 Å². The first kappa shape index (κ1) is 14.6. The maximum absolute atomic E-state index is 11.9. The van der Waals surface area contributed by atoms with Gasteiger partial charge in [-0.05, 0) is 43.5 Å². The number of aryl methyl sites for hydroxylation is 3. The highest BCUT2D eigenvalue weighted by Crippen LogP contribution is 2.16. The Hall–Kier alpha value is -2.37. The van der Waals surface area contributed by atoms with E-state index >= 15 is 0 Å². The van der Waals surface area contributed by atoms with E-state index in [4.69, 9.17) is 4.74 Å². The minimum atomic E-state index is -0.159. The van der Waals surface area contributed by atoms with Gasteiger partial charge in [-0.15, -0.1) is 10.2 Å². The largest absolute Gasteiger partial charge is 0.484 e. The number of aromatic nitrogens is 3. The monoisotopic (exact) mass is 300 g/mol. The lowest BCUT2D eigenvalue weighted by molar-refractivity contribution is -0.123. The van der Waals surface area contributed by atoms with Crippen LogP contribution in [-0.4, -0.2) is 27.3 Å². The van der Waals surface area contributed by atoms with Crippen molar-refractivity contribution in [2.24, 2.45) is 0 Å². The molecule has 1 aromatic heterocycles. The van der Waals surface area contributed by atoms with E-state index in [1.54, 1.807) is 0 Å². The number of rotatable bonds is 5. The van der Waals surface area contributed by atoms with Gasteiger partial charge in [0.05, 0.1) is 6.54 Å². The van der Waals surface area contributed by atoms with Gasteiger partial charge in [-0.2, -0.15) is 0 Å². The number of nitrogens with zero attached hydrogens (tertiary/aromatic N) is 3. The SMILES string of the molecule is Cc1ccc(OCC(=O)NCc2nnc3n2CCC3)cc1C.